The predicted octanol–water partition coefficient (Wildman–Crippen LogP) is 6.59. The summed E-state index contributed by atoms with van der Waals surface area (Å²) < 4.78 is 12.3. The van der Waals surface area contributed by atoms with Crippen LogP contribution in [-0.4, -0.2) is 4.98 Å². The Balaban J connectivity index is 1.75. The van der Waals surface area contributed by atoms with Crippen molar-refractivity contribution >= 4 is 11.6 Å². The molecule has 3 nitrogen and oxygen atoms in total. The maximum Gasteiger partial charge on any atom is 0.191 e. The van der Waals surface area contributed by atoms with E-state index in [9.17, 15) is 0 Å². The largest absolute Gasteiger partial charge is 0.457 e. The van der Waals surface area contributed by atoms with Gasteiger partial charge < -0.3 is 9.15 Å². The van der Waals surface area contributed by atoms with E-state index in [4.69, 9.17) is 20.8 Å². The molecule has 0 N–H and O–H groups in total. The van der Waals surface area contributed by atoms with E-state index in [0.717, 1.165) is 39.6 Å². The Morgan fingerprint density at radius 3 is 2.04 bits per heavy atom. The lowest BCUT2D eigenvalue weighted by atomic mass is 9.84. The maximum absolute atomic E-state index is 6.15. The summed E-state index contributed by atoms with van der Waals surface area (Å²) in [5.41, 5.74) is 3.96. The van der Waals surface area contributed by atoms with E-state index < -0.39 is 0 Å². The lowest BCUT2D eigenvalue weighted by molar-refractivity contribution is 0.425. The van der Waals surface area contributed by atoms with Crippen LogP contribution in [0, 0.1) is 6.92 Å². The number of rotatable bonds is 2. The molecule has 4 aromatic rings. The molecule has 0 unspecified atom stereocenters. The second-order valence-corrected chi connectivity index (χ2v) is 7.00. The topological polar surface area (TPSA) is 35.3 Å². The summed E-state index contributed by atoms with van der Waals surface area (Å²) >= 11 is 6.07. The van der Waals surface area contributed by atoms with Crippen molar-refractivity contribution < 1.29 is 9.15 Å². The van der Waals surface area contributed by atoms with Gasteiger partial charge >= 0.3 is 0 Å². The number of hydrogen-bond donors (Lipinski definition) is 0. The van der Waals surface area contributed by atoms with Crippen molar-refractivity contribution in [2.75, 3.05) is 0 Å². The highest BCUT2D eigenvalue weighted by molar-refractivity contribution is 6.30. The van der Waals surface area contributed by atoms with Gasteiger partial charge in [0.05, 0.1) is 5.92 Å². The van der Waals surface area contributed by atoms with Crippen LogP contribution in [0.2, 0.25) is 5.02 Å². The van der Waals surface area contributed by atoms with Gasteiger partial charge in [0.1, 0.15) is 23.0 Å². The van der Waals surface area contributed by atoms with Gasteiger partial charge in [0.15, 0.2) is 5.89 Å². The number of aryl methyl sites for hydroxylation is 1. The molecule has 4 heteroatoms. The Labute approximate surface area is 162 Å². The van der Waals surface area contributed by atoms with E-state index in [1.54, 1.807) is 0 Å². The predicted molar refractivity (Wildman–Crippen MR) is 106 cm³/mol. The first-order chi connectivity index (χ1) is 13.2. The molecule has 1 aromatic heterocycles. The number of ether oxygens (including phenoxy) is 1. The van der Waals surface area contributed by atoms with E-state index in [-0.39, 0.29) is 5.92 Å². The highest BCUT2D eigenvalue weighted by Crippen LogP contribution is 2.49. The third-order valence-electron chi connectivity index (χ3n) is 4.82. The van der Waals surface area contributed by atoms with E-state index in [0.29, 0.717) is 10.9 Å². The average molecular weight is 374 g/mol. The van der Waals surface area contributed by atoms with Crippen molar-refractivity contribution in [2.45, 2.75) is 12.8 Å². The normalized spacial score (nSPS) is 13.0. The van der Waals surface area contributed by atoms with Crippen molar-refractivity contribution in [3.63, 3.8) is 0 Å². The molecule has 5 rings (SSSR count). The Morgan fingerprint density at radius 2 is 1.41 bits per heavy atom. The van der Waals surface area contributed by atoms with Gasteiger partial charge in [0, 0.05) is 28.6 Å². The van der Waals surface area contributed by atoms with E-state index >= 15 is 0 Å². The summed E-state index contributed by atoms with van der Waals surface area (Å²) in [7, 11) is 0. The van der Waals surface area contributed by atoms with Crippen molar-refractivity contribution in [2.24, 2.45) is 0 Å². The van der Waals surface area contributed by atoms with Crippen LogP contribution in [0.25, 0.3) is 11.3 Å². The molecule has 0 saturated heterocycles. The molecule has 0 atom stereocenters. The van der Waals surface area contributed by atoms with Crippen molar-refractivity contribution in [3.8, 4) is 22.8 Å². The maximum atomic E-state index is 6.15. The highest BCUT2D eigenvalue weighted by Gasteiger charge is 2.33. The fourth-order valence-electron chi connectivity index (χ4n) is 3.65. The quantitative estimate of drug-likeness (QED) is 0.350. The number of para-hydroxylation sites is 2. The first-order valence-corrected chi connectivity index (χ1v) is 9.17. The molecule has 3 aromatic carbocycles. The zero-order valence-corrected chi connectivity index (χ0v) is 15.4. The molecule has 27 heavy (non-hydrogen) atoms. The minimum atomic E-state index is -0.0852. The summed E-state index contributed by atoms with van der Waals surface area (Å²) in [5.74, 6) is 3.06. The summed E-state index contributed by atoms with van der Waals surface area (Å²) in [6.45, 7) is 1.88. The van der Waals surface area contributed by atoms with Crippen LogP contribution in [0.5, 0.6) is 11.5 Å². The number of fused-ring (bicyclic) bond motifs is 2. The summed E-state index contributed by atoms with van der Waals surface area (Å²) in [6, 6.07) is 23.8. The van der Waals surface area contributed by atoms with Crippen LogP contribution in [-0.2, 0) is 0 Å². The van der Waals surface area contributed by atoms with Gasteiger partial charge in [-0.05, 0) is 24.3 Å². The second kappa shape index (κ2) is 6.29. The molecule has 0 saturated carbocycles. The first-order valence-electron chi connectivity index (χ1n) is 8.79. The summed E-state index contributed by atoms with van der Waals surface area (Å²) in [4.78, 5) is 4.68. The van der Waals surface area contributed by atoms with E-state index in [1.807, 2.05) is 67.6 Å². The molecule has 0 fully saturated rings. The molecule has 0 aliphatic carbocycles. The summed E-state index contributed by atoms with van der Waals surface area (Å²) in [5, 5.41) is 0.697. The van der Waals surface area contributed by atoms with Gasteiger partial charge in [0.2, 0.25) is 0 Å². The average Bonchev–Trinajstić information content (AvgIpc) is 3.07. The number of hydrogen-bond acceptors (Lipinski definition) is 3. The third kappa shape index (κ3) is 2.71. The lowest BCUT2D eigenvalue weighted by Gasteiger charge is -2.27. The molecule has 0 amide bonds. The fraction of sp³-hybridized carbons (Fsp3) is 0.0870. The first kappa shape index (κ1) is 16.2. The molecule has 1 aliphatic rings. The van der Waals surface area contributed by atoms with Gasteiger partial charge in [-0.3, -0.25) is 0 Å². The zero-order valence-electron chi connectivity index (χ0n) is 14.6. The van der Waals surface area contributed by atoms with Crippen LogP contribution >= 0.6 is 11.6 Å². The monoisotopic (exact) mass is 373 g/mol. The molecule has 132 valence electrons. The molecular formula is C23H16ClNO2. The Hall–Kier alpha value is -3.04. The van der Waals surface area contributed by atoms with Gasteiger partial charge in [-0.25, -0.2) is 4.98 Å². The number of oxazole rings is 1. The Bertz CT molecular complexity index is 1090. The van der Waals surface area contributed by atoms with Crippen LogP contribution < -0.4 is 4.74 Å². The Kier molecular flexibility index (Phi) is 3.76. The molecular weight excluding hydrogens is 358 g/mol. The zero-order chi connectivity index (χ0) is 18.4. The molecule has 0 bridgehead atoms. The van der Waals surface area contributed by atoms with Crippen LogP contribution in [0.15, 0.2) is 77.2 Å². The third-order valence-corrected chi connectivity index (χ3v) is 5.07. The standard InChI is InChI=1S/C23H16ClNO2/c1-14-25-22(15-10-12-16(24)13-11-15)23(26-14)21-17-6-2-4-8-19(17)27-20-9-5-3-7-18(20)21/h2-13,21H,1H3. The van der Waals surface area contributed by atoms with Gasteiger partial charge in [-0.1, -0.05) is 60.1 Å². The second-order valence-electron chi connectivity index (χ2n) is 6.56. The number of benzene rings is 3. The minimum absolute atomic E-state index is 0.0852. The minimum Gasteiger partial charge on any atom is -0.457 e. The molecule has 1 aliphatic heterocycles. The van der Waals surface area contributed by atoms with Gasteiger partial charge in [-0.15, -0.1) is 0 Å². The Morgan fingerprint density at radius 1 is 0.815 bits per heavy atom. The number of aromatic nitrogens is 1. The summed E-state index contributed by atoms with van der Waals surface area (Å²) in [6.07, 6.45) is 0. The molecule has 0 spiro atoms. The van der Waals surface area contributed by atoms with Crippen LogP contribution in [0.3, 0.4) is 0 Å². The number of nitrogens with zero attached hydrogens (tertiary/aromatic N) is 1. The highest BCUT2D eigenvalue weighted by atomic mass is 35.5. The van der Waals surface area contributed by atoms with Crippen molar-refractivity contribution in [3.05, 3.63) is 101 Å². The molecule has 0 radical (unpaired) electrons. The SMILES string of the molecule is Cc1nc(-c2ccc(Cl)cc2)c(C2c3ccccc3Oc3ccccc32)o1. The number of halogens is 1. The fourth-order valence-corrected chi connectivity index (χ4v) is 3.77. The van der Waals surface area contributed by atoms with E-state index in [2.05, 4.69) is 17.1 Å². The van der Waals surface area contributed by atoms with Crippen LogP contribution in [0.4, 0.5) is 0 Å². The lowest BCUT2D eigenvalue weighted by Crippen LogP contribution is -2.11. The van der Waals surface area contributed by atoms with Crippen molar-refractivity contribution in [1.29, 1.82) is 0 Å². The smallest absolute Gasteiger partial charge is 0.191 e. The van der Waals surface area contributed by atoms with Gasteiger partial charge in [-0.2, -0.15) is 0 Å². The van der Waals surface area contributed by atoms with E-state index in [1.165, 1.54) is 0 Å². The van der Waals surface area contributed by atoms with Crippen molar-refractivity contribution in [1.82, 2.24) is 4.98 Å². The van der Waals surface area contributed by atoms with Gasteiger partial charge in [0.25, 0.3) is 0 Å². The van der Waals surface area contributed by atoms with Crippen LogP contribution in [0.1, 0.15) is 28.7 Å². The molecule has 2 heterocycles.